The number of benzene rings is 1. The van der Waals surface area contributed by atoms with Crippen molar-refractivity contribution < 1.29 is 13.7 Å². The number of hydrogen-bond acceptors (Lipinski definition) is 5. The van der Waals surface area contributed by atoms with Gasteiger partial charge in [-0.1, -0.05) is 30.3 Å². The molecule has 1 aliphatic rings. The minimum absolute atomic E-state index is 0.0133. The minimum Gasteiger partial charge on any atom is -0.339 e. The van der Waals surface area contributed by atoms with Crippen molar-refractivity contribution in [1.82, 2.24) is 19.9 Å². The van der Waals surface area contributed by atoms with E-state index in [1.54, 1.807) is 24.0 Å². The molecule has 25 heavy (non-hydrogen) atoms. The van der Waals surface area contributed by atoms with Crippen LogP contribution in [-0.2, 0) is 24.3 Å². The van der Waals surface area contributed by atoms with Crippen LogP contribution in [0.1, 0.15) is 37.5 Å². The van der Waals surface area contributed by atoms with E-state index in [4.69, 9.17) is 4.52 Å². The molecule has 1 saturated heterocycles. The van der Waals surface area contributed by atoms with Gasteiger partial charge < -0.3 is 9.42 Å². The SMILES string of the molecule is CCc1nc(CN(C(C)=O)C2CCN(Cc3ccccc3F)C2)no1. The molecule has 1 unspecified atom stereocenters. The Balaban J connectivity index is 1.63. The van der Waals surface area contributed by atoms with E-state index >= 15 is 0 Å². The molecule has 0 bridgehead atoms. The second-order valence-corrected chi connectivity index (χ2v) is 6.37. The average molecular weight is 346 g/mol. The van der Waals surface area contributed by atoms with Crippen LogP contribution in [-0.4, -0.2) is 45.0 Å². The number of rotatable bonds is 6. The molecule has 0 spiro atoms. The summed E-state index contributed by atoms with van der Waals surface area (Å²) in [4.78, 5) is 20.3. The third-order valence-corrected chi connectivity index (χ3v) is 4.57. The van der Waals surface area contributed by atoms with Gasteiger partial charge in [-0.25, -0.2) is 4.39 Å². The van der Waals surface area contributed by atoms with Gasteiger partial charge in [-0.05, 0) is 12.5 Å². The molecule has 6 nitrogen and oxygen atoms in total. The predicted octanol–water partition coefficient (Wildman–Crippen LogP) is 2.39. The molecule has 3 rings (SSSR count). The Labute approximate surface area is 146 Å². The van der Waals surface area contributed by atoms with Gasteiger partial charge in [0.15, 0.2) is 5.82 Å². The lowest BCUT2D eigenvalue weighted by Gasteiger charge is -2.27. The summed E-state index contributed by atoms with van der Waals surface area (Å²) in [6, 6.07) is 6.89. The number of carbonyl (C=O) groups excluding carboxylic acids is 1. The molecule has 7 heteroatoms. The lowest BCUT2D eigenvalue weighted by Crippen LogP contribution is -2.40. The van der Waals surface area contributed by atoms with E-state index in [-0.39, 0.29) is 17.8 Å². The molecule has 1 amide bonds. The van der Waals surface area contributed by atoms with E-state index in [2.05, 4.69) is 15.0 Å². The number of carbonyl (C=O) groups is 1. The summed E-state index contributed by atoms with van der Waals surface area (Å²) in [5.41, 5.74) is 0.684. The number of likely N-dealkylation sites (tertiary alicyclic amines) is 1. The highest BCUT2D eigenvalue weighted by molar-refractivity contribution is 5.73. The van der Waals surface area contributed by atoms with Crippen molar-refractivity contribution in [3.05, 3.63) is 47.4 Å². The summed E-state index contributed by atoms with van der Waals surface area (Å²) in [7, 11) is 0. The Kier molecular flexibility index (Phi) is 5.43. The fourth-order valence-electron chi connectivity index (χ4n) is 3.23. The van der Waals surface area contributed by atoms with Crippen molar-refractivity contribution in [3.8, 4) is 0 Å². The van der Waals surface area contributed by atoms with Crippen molar-refractivity contribution in [3.63, 3.8) is 0 Å². The molecule has 0 saturated carbocycles. The highest BCUT2D eigenvalue weighted by atomic mass is 19.1. The van der Waals surface area contributed by atoms with Crippen molar-refractivity contribution in [2.45, 2.75) is 45.8 Å². The standard InChI is InChI=1S/C18H23FN4O2/c1-3-18-20-17(21-25-18)12-23(13(2)24)15-8-9-22(11-15)10-14-6-4-5-7-16(14)19/h4-7,15H,3,8-12H2,1-2H3. The molecule has 0 radical (unpaired) electrons. The molecule has 1 aliphatic heterocycles. The molecule has 1 atom stereocenters. The van der Waals surface area contributed by atoms with Crippen LogP contribution >= 0.6 is 0 Å². The zero-order chi connectivity index (χ0) is 17.8. The van der Waals surface area contributed by atoms with Gasteiger partial charge in [0.05, 0.1) is 6.54 Å². The van der Waals surface area contributed by atoms with E-state index in [0.717, 1.165) is 13.0 Å². The first-order chi connectivity index (χ1) is 12.1. The smallest absolute Gasteiger partial charge is 0.226 e. The lowest BCUT2D eigenvalue weighted by atomic mass is 10.2. The number of aryl methyl sites for hydroxylation is 1. The number of nitrogens with zero attached hydrogens (tertiary/aromatic N) is 4. The van der Waals surface area contributed by atoms with Crippen molar-refractivity contribution >= 4 is 5.91 Å². The quantitative estimate of drug-likeness (QED) is 0.804. The van der Waals surface area contributed by atoms with Gasteiger partial charge in [-0.3, -0.25) is 9.69 Å². The molecular weight excluding hydrogens is 323 g/mol. The molecule has 2 aromatic rings. The summed E-state index contributed by atoms with van der Waals surface area (Å²) in [6.07, 6.45) is 1.53. The summed E-state index contributed by atoms with van der Waals surface area (Å²) in [6.45, 7) is 5.94. The predicted molar refractivity (Wildman–Crippen MR) is 90.0 cm³/mol. The van der Waals surface area contributed by atoms with Crippen LogP contribution in [0.4, 0.5) is 4.39 Å². The Bertz CT molecular complexity index is 733. The largest absolute Gasteiger partial charge is 0.339 e. The third kappa shape index (κ3) is 4.22. The highest BCUT2D eigenvalue weighted by Gasteiger charge is 2.30. The first kappa shape index (κ1) is 17.5. The number of hydrogen-bond donors (Lipinski definition) is 0. The maximum Gasteiger partial charge on any atom is 0.226 e. The van der Waals surface area contributed by atoms with Crippen LogP contribution in [0.5, 0.6) is 0 Å². The molecule has 1 aromatic heterocycles. The average Bonchev–Trinajstić information content (AvgIpc) is 3.23. The van der Waals surface area contributed by atoms with Crippen LogP contribution in [0.2, 0.25) is 0 Å². The Morgan fingerprint density at radius 2 is 2.24 bits per heavy atom. The first-order valence-electron chi connectivity index (χ1n) is 8.61. The molecule has 1 aromatic carbocycles. The van der Waals surface area contributed by atoms with Gasteiger partial charge in [0.1, 0.15) is 5.82 Å². The van der Waals surface area contributed by atoms with Crippen molar-refractivity contribution in [2.24, 2.45) is 0 Å². The van der Waals surface area contributed by atoms with E-state index in [0.29, 0.717) is 43.3 Å². The van der Waals surface area contributed by atoms with E-state index in [1.807, 2.05) is 13.0 Å². The van der Waals surface area contributed by atoms with E-state index in [9.17, 15) is 9.18 Å². The number of halogens is 1. The topological polar surface area (TPSA) is 62.5 Å². The fourth-order valence-corrected chi connectivity index (χ4v) is 3.23. The molecular formula is C18H23FN4O2. The molecule has 1 fully saturated rings. The van der Waals surface area contributed by atoms with Crippen LogP contribution in [0.15, 0.2) is 28.8 Å². The van der Waals surface area contributed by atoms with Crippen LogP contribution in [0, 0.1) is 5.82 Å². The van der Waals surface area contributed by atoms with Gasteiger partial charge in [0, 0.05) is 44.6 Å². The molecule has 0 aliphatic carbocycles. The summed E-state index contributed by atoms with van der Waals surface area (Å²) in [5, 5.41) is 3.94. The van der Waals surface area contributed by atoms with E-state index in [1.165, 1.54) is 6.07 Å². The van der Waals surface area contributed by atoms with Gasteiger partial charge in [-0.15, -0.1) is 0 Å². The fraction of sp³-hybridized carbons (Fsp3) is 0.500. The van der Waals surface area contributed by atoms with Crippen LogP contribution in [0.25, 0.3) is 0 Å². The minimum atomic E-state index is -0.187. The van der Waals surface area contributed by atoms with Gasteiger partial charge >= 0.3 is 0 Å². The van der Waals surface area contributed by atoms with Gasteiger partial charge in [-0.2, -0.15) is 4.98 Å². The zero-order valence-electron chi connectivity index (χ0n) is 14.6. The van der Waals surface area contributed by atoms with Gasteiger partial charge in [0.25, 0.3) is 0 Å². The van der Waals surface area contributed by atoms with Crippen LogP contribution < -0.4 is 0 Å². The Morgan fingerprint density at radius 1 is 1.44 bits per heavy atom. The Morgan fingerprint density at radius 3 is 2.92 bits per heavy atom. The number of aromatic nitrogens is 2. The monoisotopic (exact) mass is 346 g/mol. The summed E-state index contributed by atoms with van der Waals surface area (Å²) < 4.78 is 19.0. The normalized spacial score (nSPS) is 17.8. The van der Waals surface area contributed by atoms with Gasteiger partial charge in [0.2, 0.25) is 11.8 Å². The summed E-state index contributed by atoms with van der Waals surface area (Å²) in [5.74, 6) is 0.902. The van der Waals surface area contributed by atoms with Crippen molar-refractivity contribution in [2.75, 3.05) is 13.1 Å². The maximum absolute atomic E-state index is 13.8. The molecule has 134 valence electrons. The highest BCUT2D eigenvalue weighted by Crippen LogP contribution is 2.21. The second kappa shape index (κ2) is 7.74. The van der Waals surface area contributed by atoms with Crippen molar-refractivity contribution in [1.29, 1.82) is 0 Å². The second-order valence-electron chi connectivity index (χ2n) is 6.37. The molecule has 0 N–H and O–H groups in total. The first-order valence-corrected chi connectivity index (χ1v) is 8.61. The Hall–Kier alpha value is -2.28. The number of amides is 1. The van der Waals surface area contributed by atoms with Crippen LogP contribution in [0.3, 0.4) is 0 Å². The zero-order valence-corrected chi connectivity index (χ0v) is 14.6. The lowest BCUT2D eigenvalue weighted by molar-refractivity contribution is -0.131. The summed E-state index contributed by atoms with van der Waals surface area (Å²) >= 11 is 0. The van der Waals surface area contributed by atoms with E-state index < -0.39 is 0 Å². The molecule has 2 heterocycles. The maximum atomic E-state index is 13.8. The third-order valence-electron chi connectivity index (χ3n) is 4.57.